The normalized spacial score (nSPS) is 10.5. The summed E-state index contributed by atoms with van der Waals surface area (Å²) in [5, 5.41) is 3.15. The predicted octanol–water partition coefficient (Wildman–Crippen LogP) is 4.45. The molecule has 0 unspecified atom stereocenters. The van der Waals surface area contributed by atoms with E-state index in [1.807, 2.05) is 26.1 Å². The van der Waals surface area contributed by atoms with Crippen LogP contribution in [0.2, 0.25) is 0 Å². The second kappa shape index (κ2) is 8.20. The molecule has 0 aliphatic heterocycles. The number of ether oxygens (including phenoxy) is 2. The highest BCUT2D eigenvalue weighted by Gasteiger charge is 2.11. The summed E-state index contributed by atoms with van der Waals surface area (Å²) in [6, 6.07) is 12.3. The van der Waals surface area contributed by atoms with Gasteiger partial charge in [0.15, 0.2) is 11.5 Å². The minimum Gasteiger partial charge on any atom is -0.490 e. The van der Waals surface area contributed by atoms with Gasteiger partial charge in [-0.1, -0.05) is 45.8 Å². The third kappa shape index (κ3) is 4.49. The molecule has 0 heterocycles. The smallest absolute Gasteiger partial charge is 0.162 e. The second-order valence-corrected chi connectivity index (χ2v) is 5.98. The molecule has 4 heteroatoms. The van der Waals surface area contributed by atoms with Crippen molar-refractivity contribution in [1.29, 1.82) is 0 Å². The molecule has 0 fully saturated rings. The Kier molecular flexibility index (Phi) is 6.28. The highest BCUT2D eigenvalue weighted by molar-refractivity contribution is 9.10. The Bertz CT molecular complexity index is 611. The number of nitrogens with one attached hydrogen (secondary N) is 1. The van der Waals surface area contributed by atoms with Crippen LogP contribution < -0.4 is 14.8 Å². The van der Waals surface area contributed by atoms with Crippen LogP contribution in [0.1, 0.15) is 23.6 Å². The summed E-state index contributed by atoms with van der Waals surface area (Å²) in [7, 11) is 1.93. The first kappa shape index (κ1) is 16.8. The van der Waals surface area contributed by atoms with E-state index < -0.39 is 0 Å². The first-order valence-corrected chi connectivity index (χ1v) is 8.21. The highest BCUT2D eigenvalue weighted by atomic mass is 79.9. The summed E-state index contributed by atoms with van der Waals surface area (Å²) in [6.45, 7) is 5.97. The van der Waals surface area contributed by atoms with Gasteiger partial charge in [-0.25, -0.2) is 0 Å². The number of aryl methyl sites for hydroxylation is 1. The summed E-state index contributed by atoms with van der Waals surface area (Å²) in [5.41, 5.74) is 3.54. The molecule has 0 saturated heterocycles. The van der Waals surface area contributed by atoms with E-state index in [0.717, 1.165) is 33.6 Å². The van der Waals surface area contributed by atoms with E-state index in [2.05, 4.69) is 52.4 Å². The fourth-order valence-electron chi connectivity index (χ4n) is 2.13. The molecule has 0 atom stereocenters. The monoisotopic (exact) mass is 363 g/mol. The van der Waals surface area contributed by atoms with Gasteiger partial charge in [0.25, 0.3) is 0 Å². The Labute approximate surface area is 140 Å². The zero-order chi connectivity index (χ0) is 15.9. The van der Waals surface area contributed by atoms with Crippen molar-refractivity contribution in [3.05, 3.63) is 57.6 Å². The summed E-state index contributed by atoms with van der Waals surface area (Å²) in [4.78, 5) is 0. The Hall–Kier alpha value is -1.52. The van der Waals surface area contributed by atoms with Crippen molar-refractivity contribution < 1.29 is 9.47 Å². The Morgan fingerprint density at radius 3 is 2.36 bits per heavy atom. The third-order valence-electron chi connectivity index (χ3n) is 3.29. The molecule has 2 aromatic carbocycles. The van der Waals surface area contributed by atoms with Crippen molar-refractivity contribution in [2.75, 3.05) is 13.7 Å². The van der Waals surface area contributed by atoms with Crippen molar-refractivity contribution in [3.8, 4) is 11.5 Å². The summed E-state index contributed by atoms with van der Waals surface area (Å²) in [5.74, 6) is 1.54. The number of benzene rings is 2. The van der Waals surface area contributed by atoms with E-state index in [9.17, 15) is 0 Å². The van der Waals surface area contributed by atoms with Gasteiger partial charge in [-0.05, 0) is 44.2 Å². The zero-order valence-corrected chi connectivity index (χ0v) is 14.9. The van der Waals surface area contributed by atoms with Crippen LogP contribution in [-0.4, -0.2) is 13.7 Å². The van der Waals surface area contributed by atoms with Crippen LogP contribution in [0.4, 0.5) is 0 Å². The molecule has 2 aromatic rings. The molecule has 2 rings (SSSR count). The standard InChI is InChI=1S/C18H22BrNO2/c1-4-21-17-9-15(11-20-3)16(19)10-18(17)22-12-14-7-5-13(2)6-8-14/h5-10,20H,4,11-12H2,1-3H3. The first-order valence-electron chi connectivity index (χ1n) is 7.42. The molecule has 0 aliphatic carbocycles. The number of halogens is 1. The van der Waals surface area contributed by atoms with Crippen molar-refractivity contribution in [2.45, 2.75) is 27.0 Å². The lowest BCUT2D eigenvalue weighted by molar-refractivity contribution is 0.269. The Morgan fingerprint density at radius 1 is 1.05 bits per heavy atom. The first-order chi connectivity index (χ1) is 10.6. The Balaban J connectivity index is 2.17. The minimum absolute atomic E-state index is 0.526. The maximum atomic E-state index is 5.95. The summed E-state index contributed by atoms with van der Waals surface area (Å²) in [6.07, 6.45) is 0. The van der Waals surface area contributed by atoms with Crippen molar-refractivity contribution in [2.24, 2.45) is 0 Å². The van der Waals surface area contributed by atoms with Gasteiger partial charge in [0, 0.05) is 11.0 Å². The average Bonchev–Trinajstić information content (AvgIpc) is 2.51. The molecule has 0 aromatic heterocycles. The molecule has 0 spiro atoms. The number of hydrogen-bond acceptors (Lipinski definition) is 3. The molecule has 0 saturated carbocycles. The van der Waals surface area contributed by atoms with E-state index in [4.69, 9.17) is 9.47 Å². The number of hydrogen-bond donors (Lipinski definition) is 1. The molecule has 3 nitrogen and oxygen atoms in total. The van der Waals surface area contributed by atoms with Gasteiger partial charge in [-0.3, -0.25) is 0 Å². The van der Waals surface area contributed by atoms with E-state index in [-0.39, 0.29) is 0 Å². The summed E-state index contributed by atoms with van der Waals surface area (Å²) >= 11 is 3.59. The summed E-state index contributed by atoms with van der Waals surface area (Å²) < 4.78 is 12.7. The second-order valence-electron chi connectivity index (χ2n) is 5.13. The van der Waals surface area contributed by atoms with Gasteiger partial charge in [0.05, 0.1) is 6.61 Å². The number of rotatable bonds is 7. The van der Waals surface area contributed by atoms with Crippen molar-refractivity contribution in [1.82, 2.24) is 5.32 Å². The molecular formula is C18H22BrNO2. The molecular weight excluding hydrogens is 342 g/mol. The Morgan fingerprint density at radius 2 is 1.73 bits per heavy atom. The SMILES string of the molecule is CCOc1cc(CNC)c(Br)cc1OCc1ccc(C)cc1. The quantitative estimate of drug-likeness (QED) is 0.787. The average molecular weight is 364 g/mol. The van der Waals surface area contributed by atoms with E-state index in [0.29, 0.717) is 13.2 Å². The maximum Gasteiger partial charge on any atom is 0.162 e. The van der Waals surface area contributed by atoms with Crippen LogP contribution in [-0.2, 0) is 13.2 Å². The molecule has 1 N–H and O–H groups in total. The van der Waals surface area contributed by atoms with Crippen molar-refractivity contribution >= 4 is 15.9 Å². The lowest BCUT2D eigenvalue weighted by Gasteiger charge is -2.15. The molecule has 0 amide bonds. The largest absolute Gasteiger partial charge is 0.490 e. The zero-order valence-electron chi connectivity index (χ0n) is 13.3. The van der Waals surface area contributed by atoms with Gasteiger partial charge in [-0.2, -0.15) is 0 Å². The lowest BCUT2D eigenvalue weighted by Crippen LogP contribution is -2.07. The van der Waals surface area contributed by atoms with Gasteiger partial charge < -0.3 is 14.8 Å². The molecule has 22 heavy (non-hydrogen) atoms. The molecule has 0 bridgehead atoms. The van der Waals surface area contributed by atoms with Gasteiger partial charge in [-0.15, -0.1) is 0 Å². The van der Waals surface area contributed by atoms with Gasteiger partial charge in [0.2, 0.25) is 0 Å². The lowest BCUT2D eigenvalue weighted by atomic mass is 10.1. The van der Waals surface area contributed by atoms with Gasteiger partial charge >= 0.3 is 0 Å². The molecule has 0 aliphatic rings. The van der Waals surface area contributed by atoms with Crippen molar-refractivity contribution in [3.63, 3.8) is 0 Å². The van der Waals surface area contributed by atoms with E-state index >= 15 is 0 Å². The maximum absolute atomic E-state index is 5.95. The third-order valence-corrected chi connectivity index (χ3v) is 4.03. The van der Waals surface area contributed by atoms with Crippen LogP contribution in [0.25, 0.3) is 0 Å². The molecule has 118 valence electrons. The van der Waals surface area contributed by atoms with Crippen LogP contribution in [0.5, 0.6) is 11.5 Å². The van der Waals surface area contributed by atoms with Crippen LogP contribution >= 0.6 is 15.9 Å². The van der Waals surface area contributed by atoms with E-state index in [1.54, 1.807) is 0 Å². The fraction of sp³-hybridized carbons (Fsp3) is 0.333. The van der Waals surface area contributed by atoms with Crippen LogP contribution in [0.3, 0.4) is 0 Å². The topological polar surface area (TPSA) is 30.5 Å². The molecule has 0 radical (unpaired) electrons. The fourth-order valence-corrected chi connectivity index (χ4v) is 2.59. The predicted molar refractivity (Wildman–Crippen MR) is 93.6 cm³/mol. The highest BCUT2D eigenvalue weighted by Crippen LogP contribution is 2.34. The van der Waals surface area contributed by atoms with Crippen LogP contribution in [0.15, 0.2) is 40.9 Å². The van der Waals surface area contributed by atoms with E-state index in [1.165, 1.54) is 5.56 Å². The van der Waals surface area contributed by atoms with Gasteiger partial charge in [0.1, 0.15) is 6.61 Å². The minimum atomic E-state index is 0.526. The van der Waals surface area contributed by atoms with Crippen LogP contribution in [0, 0.1) is 6.92 Å².